The van der Waals surface area contributed by atoms with E-state index in [9.17, 15) is 14.4 Å². The van der Waals surface area contributed by atoms with Crippen LogP contribution in [0.2, 0.25) is 5.02 Å². The Morgan fingerprint density at radius 1 is 1.17 bits per heavy atom. The quantitative estimate of drug-likeness (QED) is 0.675. The number of halogens is 1. The smallest absolute Gasteiger partial charge is 0.303 e. The Labute approximate surface area is 140 Å². The number of nitrogens with one attached hydrogen (secondary N) is 2. The van der Waals surface area contributed by atoms with Crippen LogP contribution in [0.25, 0.3) is 0 Å². The molecule has 2 amide bonds. The zero-order valence-corrected chi connectivity index (χ0v) is 13.9. The molecule has 0 heterocycles. The van der Waals surface area contributed by atoms with Gasteiger partial charge in [-0.3, -0.25) is 14.4 Å². The van der Waals surface area contributed by atoms with E-state index in [1.165, 1.54) is 6.92 Å². The second kappa shape index (κ2) is 9.15. The number of carbonyl (C=O) groups excluding carboxylic acids is 2. The molecule has 1 aromatic rings. The highest BCUT2D eigenvalue weighted by Gasteiger charge is 2.18. The van der Waals surface area contributed by atoms with Crippen LogP contribution in [0.15, 0.2) is 24.3 Å². The Morgan fingerprint density at radius 2 is 1.78 bits per heavy atom. The van der Waals surface area contributed by atoms with Crippen molar-refractivity contribution in [3.05, 3.63) is 34.9 Å². The van der Waals surface area contributed by atoms with Gasteiger partial charge in [-0.05, 0) is 23.6 Å². The highest BCUT2D eigenvalue weighted by molar-refractivity contribution is 6.30. The Hall–Kier alpha value is -2.08. The Bertz CT molecular complexity index is 560. The summed E-state index contributed by atoms with van der Waals surface area (Å²) in [6.07, 6.45) is 0.0631. The third-order valence-electron chi connectivity index (χ3n) is 3.21. The molecule has 2 unspecified atom stereocenters. The van der Waals surface area contributed by atoms with Crippen LogP contribution in [0, 0.1) is 5.92 Å². The van der Waals surface area contributed by atoms with Gasteiger partial charge in [-0.2, -0.15) is 0 Å². The molecule has 0 aliphatic heterocycles. The maximum Gasteiger partial charge on any atom is 0.303 e. The summed E-state index contributed by atoms with van der Waals surface area (Å²) >= 11 is 5.84. The number of benzene rings is 1. The molecule has 1 rings (SSSR count). The number of carbonyl (C=O) groups is 3. The molecule has 0 aromatic heterocycles. The van der Waals surface area contributed by atoms with Crippen molar-refractivity contribution >= 4 is 29.4 Å². The van der Waals surface area contributed by atoms with E-state index in [2.05, 4.69) is 10.6 Å². The number of hydrogen-bond acceptors (Lipinski definition) is 3. The van der Waals surface area contributed by atoms with Crippen molar-refractivity contribution in [1.82, 2.24) is 10.6 Å². The fraction of sp³-hybridized carbons (Fsp3) is 0.438. The van der Waals surface area contributed by atoms with Gasteiger partial charge in [0.2, 0.25) is 11.8 Å². The predicted octanol–water partition coefficient (Wildman–Crippen LogP) is 2.13. The van der Waals surface area contributed by atoms with Crippen molar-refractivity contribution in [2.24, 2.45) is 5.92 Å². The summed E-state index contributed by atoms with van der Waals surface area (Å²) < 4.78 is 0. The van der Waals surface area contributed by atoms with Gasteiger partial charge in [0.1, 0.15) is 0 Å². The van der Waals surface area contributed by atoms with E-state index in [1.54, 1.807) is 31.2 Å². The Kier molecular flexibility index (Phi) is 7.54. The fourth-order valence-electron chi connectivity index (χ4n) is 2.11. The van der Waals surface area contributed by atoms with E-state index in [0.29, 0.717) is 5.02 Å². The molecule has 0 radical (unpaired) electrons. The maximum absolute atomic E-state index is 12.0. The van der Waals surface area contributed by atoms with Crippen molar-refractivity contribution in [3.63, 3.8) is 0 Å². The molecule has 2 atom stereocenters. The van der Waals surface area contributed by atoms with Gasteiger partial charge in [-0.25, -0.2) is 0 Å². The van der Waals surface area contributed by atoms with Crippen molar-refractivity contribution in [3.8, 4) is 0 Å². The lowest BCUT2D eigenvalue weighted by atomic mass is 10.0. The minimum atomic E-state index is -0.899. The lowest BCUT2D eigenvalue weighted by Gasteiger charge is -2.19. The van der Waals surface area contributed by atoms with Gasteiger partial charge in [-0.1, -0.05) is 30.7 Å². The molecule has 0 spiro atoms. The molecule has 126 valence electrons. The summed E-state index contributed by atoms with van der Waals surface area (Å²) in [5.74, 6) is -1.55. The molecule has 0 aliphatic carbocycles. The zero-order valence-electron chi connectivity index (χ0n) is 13.1. The van der Waals surface area contributed by atoms with Crippen LogP contribution >= 0.6 is 11.6 Å². The predicted molar refractivity (Wildman–Crippen MR) is 87.1 cm³/mol. The van der Waals surface area contributed by atoms with Crippen LogP contribution in [0.4, 0.5) is 0 Å². The normalized spacial score (nSPS) is 13.0. The highest BCUT2D eigenvalue weighted by atomic mass is 35.5. The molecule has 6 nitrogen and oxygen atoms in total. The Morgan fingerprint density at radius 3 is 2.30 bits per heavy atom. The number of hydrogen-bond donors (Lipinski definition) is 3. The van der Waals surface area contributed by atoms with Crippen molar-refractivity contribution in [2.45, 2.75) is 32.7 Å². The van der Waals surface area contributed by atoms with Gasteiger partial charge in [-0.15, -0.1) is 0 Å². The molecule has 0 fully saturated rings. The van der Waals surface area contributed by atoms with E-state index in [-0.39, 0.29) is 37.1 Å². The van der Waals surface area contributed by atoms with Crippen LogP contribution in [0.3, 0.4) is 0 Å². The van der Waals surface area contributed by atoms with Crippen LogP contribution in [0.1, 0.15) is 38.3 Å². The second-order valence-electron chi connectivity index (χ2n) is 5.52. The van der Waals surface area contributed by atoms with E-state index < -0.39 is 12.0 Å². The number of carboxylic acids is 1. The minimum Gasteiger partial charge on any atom is -0.481 e. The van der Waals surface area contributed by atoms with Gasteiger partial charge in [0.15, 0.2) is 0 Å². The standard InChI is InChI=1S/C16H21ClN2O4/c1-10(7-16(22)23)9-18-15(21)8-14(19-11(2)20)12-3-5-13(17)6-4-12/h3-6,10,14H,7-9H2,1-2H3,(H,18,21)(H,19,20)(H,22,23). The average Bonchev–Trinajstić information content (AvgIpc) is 2.44. The van der Waals surface area contributed by atoms with E-state index in [0.717, 1.165) is 5.56 Å². The van der Waals surface area contributed by atoms with Crippen LogP contribution in [0.5, 0.6) is 0 Å². The summed E-state index contributed by atoms with van der Waals surface area (Å²) in [5.41, 5.74) is 0.776. The number of aliphatic carboxylic acids is 1. The molecule has 7 heteroatoms. The maximum atomic E-state index is 12.0. The third kappa shape index (κ3) is 7.65. The van der Waals surface area contributed by atoms with Crippen LogP contribution < -0.4 is 10.6 Å². The molecule has 1 aromatic carbocycles. The van der Waals surface area contributed by atoms with Gasteiger partial charge in [0.25, 0.3) is 0 Å². The summed E-state index contributed by atoms with van der Waals surface area (Å²) in [5, 5.41) is 14.7. The first-order chi connectivity index (χ1) is 10.8. The lowest BCUT2D eigenvalue weighted by Crippen LogP contribution is -2.34. The molecule has 0 saturated heterocycles. The van der Waals surface area contributed by atoms with Crippen LogP contribution in [-0.2, 0) is 14.4 Å². The second-order valence-corrected chi connectivity index (χ2v) is 5.95. The van der Waals surface area contributed by atoms with E-state index in [4.69, 9.17) is 16.7 Å². The summed E-state index contributed by atoms with van der Waals surface area (Å²) in [4.78, 5) is 34.0. The monoisotopic (exact) mass is 340 g/mol. The largest absolute Gasteiger partial charge is 0.481 e. The summed E-state index contributed by atoms with van der Waals surface area (Å²) in [6.45, 7) is 3.41. The lowest BCUT2D eigenvalue weighted by molar-refractivity contribution is -0.138. The fourth-order valence-corrected chi connectivity index (χ4v) is 2.23. The van der Waals surface area contributed by atoms with Gasteiger partial charge in [0, 0.05) is 24.9 Å². The highest BCUT2D eigenvalue weighted by Crippen LogP contribution is 2.19. The molecule has 23 heavy (non-hydrogen) atoms. The summed E-state index contributed by atoms with van der Waals surface area (Å²) in [6, 6.07) is 6.43. The third-order valence-corrected chi connectivity index (χ3v) is 3.46. The Balaban J connectivity index is 2.62. The molecular formula is C16H21ClN2O4. The average molecular weight is 341 g/mol. The number of amides is 2. The molecule has 3 N–H and O–H groups in total. The first kappa shape index (κ1) is 19.0. The topological polar surface area (TPSA) is 95.5 Å². The zero-order chi connectivity index (χ0) is 17.4. The van der Waals surface area contributed by atoms with E-state index >= 15 is 0 Å². The molecule has 0 aliphatic rings. The van der Waals surface area contributed by atoms with Gasteiger partial charge in [0.05, 0.1) is 12.5 Å². The molecular weight excluding hydrogens is 320 g/mol. The molecule has 0 bridgehead atoms. The number of carboxylic acid groups (broad SMARTS) is 1. The SMILES string of the molecule is CC(=O)NC(CC(=O)NCC(C)CC(=O)O)c1ccc(Cl)cc1. The van der Waals surface area contributed by atoms with Gasteiger partial charge >= 0.3 is 5.97 Å². The molecule has 0 saturated carbocycles. The number of rotatable bonds is 8. The van der Waals surface area contributed by atoms with Crippen molar-refractivity contribution in [1.29, 1.82) is 0 Å². The van der Waals surface area contributed by atoms with Crippen molar-refractivity contribution < 1.29 is 19.5 Å². The minimum absolute atomic E-state index is 0.00735. The van der Waals surface area contributed by atoms with Gasteiger partial charge < -0.3 is 15.7 Å². The first-order valence-electron chi connectivity index (χ1n) is 7.29. The van der Waals surface area contributed by atoms with E-state index in [1.807, 2.05) is 0 Å². The summed E-state index contributed by atoms with van der Waals surface area (Å²) in [7, 11) is 0. The van der Waals surface area contributed by atoms with Crippen molar-refractivity contribution in [2.75, 3.05) is 6.54 Å². The van der Waals surface area contributed by atoms with Crippen LogP contribution in [-0.4, -0.2) is 29.4 Å². The first-order valence-corrected chi connectivity index (χ1v) is 7.66.